The minimum atomic E-state index is -3.63. The van der Waals surface area contributed by atoms with Gasteiger partial charge >= 0.3 is 0 Å². The number of aromatic amines is 1. The van der Waals surface area contributed by atoms with E-state index in [4.69, 9.17) is 11.6 Å². The van der Waals surface area contributed by atoms with Crippen molar-refractivity contribution in [1.82, 2.24) is 10.3 Å². The highest BCUT2D eigenvalue weighted by Gasteiger charge is 2.30. The van der Waals surface area contributed by atoms with Crippen LogP contribution in [0.25, 0.3) is 10.9 Å². The van der Waals surface area contributed by atoms with Gasteiger partial charge in [0.25, 0.3) is 0 Å². The Morgan fingerprint density at radius 2 is 2.09 bits per heavy atom. The van der Waals surface area contributed by atoms with Gasteiger partial charge < -0.3 is 4.98 Å². The van der Waals surface area contributed by atoms with Gasteiger partial charge in [-0.15, -0.1) is 0 Å². The first kappa shape index (κ1) is 16.3. The van der Waals surface area contributed by atoms with Gasteiger partial charge in [-0.25, -0.2) is 8.42 Å². The third-order valence-corrected chi connectivity index (χ3v) is 7.80. The molecule has 1 aliphatic heterocycles. The highest BCUT2D eigenvalue weighted by molar-refractivity contribution is 9.10. The summed E-state index contributed by atoms with van der Waals surface area (Å²) in [6.45, 7) is 0.632. The van der Waals surface area contributed by atoms with Gasteiger partial charge in [-0.3, -0.25) is 10.1 Å². The Morgan fingerprint density at radius 3 is 2.77 bits per heavy atom. The van der Waals surface area contributed by atoms with Gasteiger partial charge in [-0.2, -0.15) is 11.8 Å². The number of benzene rings is 1. The minimum absolute atomic E-state index is 0.0702. The number of hydrogen-bond donors (Lipinski definition) is 2. The van der Waals surface area contributed by atoms with E-state index >= 15 is 0 Å². The summed E-state index contributed by atoms with van der Waals surface area (Å²) in [5.74, 6) is 1.35. The molecular formula is C13H12BrClN2O3S2. The quantitative estimate of drug-likeness (QED) is 0.775. The lowest BCUT2D eigenvalue weighted by Gasteiger charge is -2.23. The van der Waals surface area contributed by atoms with Crippen molar-refractivity contribution in [2.75, 3.05) is 18.1 Å². The average molecular weight is 424 g/mol. The Balaban J connectivity index is 2.15. The van der Waals surface area contributed by atoms with E-state index in [0.717, 1.165) is 11.8 Å². The fraction of sp³-hybridized carbons (Fsp3) is 0.308. The summed E-state index contributed by atoms with van der Waals surface area (Å²) in [5, 5.41) is 2.99. The predicted octanol–water partition coefficient (Wildman–Crippen LogP) is 2.38. The zero-order chi connectivity index (χ0) is 15.9. The molecule has 0 radical (unpaired) electrons. The largest absolute Gasteiger partial charge is 0.345 e. The van der Waals surface area contributed by atoms with Crippen LogP contribution in [0.5, 0.6) is 0 Å². The van der Waals surface area contributed by atoms with Gasteiger partial charge in [0.1, 0.15) is 10.4 Å². The van der Waals surface area contributed by atoms with E-state index in [-0.39, 0.29) is 10.5 Å². The van der Waals surface area contributed by atoms with Gasteiger partial charge in [0.2, 0.25) is 9.84 Å². The Labute approximate surface area is 144 Å². The molecular weight excluding hydrogens is 412 g/mol. The van der Waals surface area contributed by atoms with Crippen LogP contribution < -0.4 is 10.7 Å². The van der Waals surface area contributed by atoms with E-state index in [0.29, 0.717) is 32.7 Å². The number of rotatable bonds is 2. The van der Waals surface area contributed by atoms with Gasteiger partial charge in [0, 0.05) is 34.0 Å². The van der Waals surface area contributed by atoms with Crippen molar-refractivity contribution in [2.24, 2.45) is 0 Å². The lowest BCUT2D eigenvalue weighted by molar-refractivity contribution is 0.560. The summed E-state index contributed by atoms with van der Waals surface area (Å²) >= 11 is 10.8. The molecule has 2 N–H and O–H groups in total. The summed E-state index contributed by atoms with van der Waals surface area (Å²) in [4.78, 5) is 15.1. The molecule has 2 heterocycles. The maximum atomic E-state index is 12.7. The molecule has 1 saturated heterocycles. The van der Waals surface area contributed by atoms with Gasteiger partial charge in [-0.05, 0) is 28.1 Å². The van der Waals surface area contributed by atoms with Crippen molar-refractivity contribution in [3.8, 4) is 0 Å². The van der Waals surface area contributed by atoms with E-state index in [1.807, 2.05) is 0 Å². The Bertz CT molecular complexity index is 892. The molecule has 1 aliphatic rings. The van der Waals surface area contributed by atoms with Crippen molar-refractivity contribution in [1.29, 1.82) is 0 Å². The summed E-state index contributed by atoms with van der Waals surface area (Å²) in [6.07, 6.45) is 0. The lowest BCUT2D eigenvalue weighted by Crippen LogP contribution is -2.43. The standard InChI is InChI=1S/C13H12BrClN2O3S2/c14-8-4-10-7(3-9(8)15)11(18)5-12(17-10)22(19,20)13-6-21-2-1-16-13/h3-5,13,16H,1-2,6H2,(H,17,18). The molecule has 2 aromatic rings. The van der Waals surface area contributed by atoms with Crippen LogP contribution in [-0.4, -0.2) is 36.8 Å². The van der Waals surface area contributed by atoms with E-state index in [9.17, 15) is 13.2 Å². The number of sulfone groups is 1. The molecule has 118 valence electrons. The lowest BCUT2D eigenvalue weighted by atomic mass is 10.2. The van der Waals surface area contributed by atoms with E-state index in [2.05, 4.69) is 26.2 Å². The molecule has 0 amide bonds. The first-order valence-corrected chi connectivity index (χ1v) is 10.3. The normalized spacial score (nSPS) is 19.5. The minimum Gasteiger partial charge on any atom is -0.345 e. The zero-order valence-electron chi connectivity index (χ0n) is 11.2. The molecule has 1 aromatic heterocycles. The Kier molecular flexibility index (Phi) is 4.57. The second kappa shape index (κ2) is 6.16. The van der Waals surface area contributed by atoms with E-state index in [1.54, 1.807) is 17.8 Å². The fourth-order valence-electron chi connectivity index (χ4n) is 2.27. The van der Waals surface area contributed by atoms with Crippen molar-refractivity contribution < 1.29 is 8.42 Å². The fourth-order valence-corrected chi connectivity index (χ4v) is 5.71. The molecule has 1 aromatic carbocycles. The Morgan fingerprint density at radius 1 is 1.32 bits per heavy atom. The molecule has 1 atom stereocenters. The van der Waals surface area contributed by atoms with Gasteiger partial charge in [0.15, 0.2) is 5.43 Å². The molecule has 9 heteroatoms. The maximum Gasteiger partial charge on any atom is 0.210 e. The van der Waals surface area contributed by atoms with Crippen LogP contribution in [0.1, 0.15) is 0 Å². The number of fused-ring (bicyclic) bond motifs is 1. The van der Waals surface area contributed by atoms with Crippen LogP contribution in [0.3, 0.4) is 0 Å². The highest BCUT2D eigenvalue weighted by atomic mass is 79.9. The Hall–Kier alpha value is -0.540. The SMILES string of the molecule is O=c1cc(S(=O)(=O)C2CSCCN2)[nH]c2cc(Br)c(Cl)cc12. The van der Waals surface area contributed by atoms with E-state index < -0.39 is 15.2 Å². The zero-order valence-corrected chi connectivity index (χ0v) is 15.2. The molecule has 0 aliphatic carbocycles. The number of thioether (sulfide) groups is 1. The number of halogens is 2. The van der Waals surface area contributed by atoms with Gasteiger partial charge in [-0.1, -0.05) is 11.6 Å². The molecule has 1 fully saturated rings. The third kappa shape index (κ3) is 2.94. The molecule has 0 bridgehead atoms. The number of H-pyrrole nitrogens is 1. The first-order chi connectivity index (χ1) is 10.4. The average Bonchev–Trinajstić information content (AvgIpc) is 2.50. The summed E-state index contributed by atoms with van der Waals surface area (Å²) in [7, 11) is -3.63. The number of nitrogens with one attached hydrogen (secondary N) is 2. The predicted molar refractivity (Wildman–Crippen MR) is 93.6 cm³/mol. The van der Waals surface area contributed by atoms with Crippen LogP contribution in [-0.2, 0) is 9.84 Å². The number of aromatic nitrogens is 1. The maximum absolute atomic E-state index is 12.7. The first-order valence-electron chi connectivity index (χ1n) is 6.47. The molecule has 0 spiro atoms. The van der Waals surface area contributed by atoms with E-state index in [1.165, 1.54) is 6.07 Å². The second-order valence-corrected chi connectivity index (χ2v) is 9.38. The van der Waals surface area contributed by atoms with Crippen molar-refractivity contribution in [3.05, 3.63) is 37.9 Å². The van der Waals surface area contributed by atoms with Crippen LogP contribution in [0.2, 0.25) is 5.02 Å². The van der Waals surface area contributed by atoms with Crippen molar-refractivity contribution >= 4 is 60.0 Å². The van der Waals surface area contributed by atoms with Crippen LogP contribution >= 0.6 is 39.3 Å². The topological polar surface area (TPSA) is 79.0 Å². The van der Waals surface area contributed by atoms with Crippen LogP contribution in [0.4, 0.5) is 0 Å². The molecule has 3 rings (SSSR count). The molecule has 1 unspecified atom stereocenters. The molecule has 0 saturated carbocycles. The summed E-state index contributed by atoms with van der Waals surface area (Å²) < 4.78 is 25.9. The van der Waals surface area contributed by atoms with Crippen LogP contribution in [0.15, 0.2) is 32.5 Å². The summed E-state index contributed by atoms with van der Waals surface area (Å²) in [6, 6.07) is 4.26. The van der Waals surface area contributed by atoms with Crippen molar-refractivity contribution in [3.63, 3.8) is 0 Å². The van der Waals surface area contributed by atoms with Gasteiger partial charge in [0.05, 0.1) is 10.5 Å². The highest BCUT2D eigenvalue weighted by Crippen LogP contribution is 2.27. The molecule has 5 nitrogen and oxygen atoms in total. The van der Waals surface area contributed by atoms with Crippen molar-refractivity contribution in [2.45, 2.75) is 10.4 Å². The number of hydrogen-bond acceptors (Lipinski definition) is 5. The summed E-state index contributed by atoms with van der Waals surface area (Å²) in [5.41, 5.74) is 0.0657. The number of pyridine rings is 1. The van der Waals surface area contributed by atoms with Crippen LogP contribution in [0, 0.1) is 0 Å². The second-order valence-electron chi connectivity index (χ2n) is 4.87. The third-order valence-electron chi connectivity index (χ3n) is 3.41. The molecule has 22 heavy (non-hydrogen) atoms. The smallest absolute Gasteiger partial charge is 0.210 e. The monoisotopic (exact) mass is 422 g/mol.